The number of amides is 1. The Labute approximate surface area is 147 Å². The molecule has 8 nitrogen and oxygen atoms in total. The van der Waals surface area contributed by atoms with Gasteiger partial charge >= 0.3 is 5.69 Å². The lowest BCUT2D eigenvalue weighted by Gasteiger charge is -2.29. The maximum absolute atomic E-state index is 12.1. The lowest BCUT2D eigenvalue weighted by atomic mass is 9.93. The van der Waals surface area contributed by atoms with Crippen molar-refractivity contribution in [3.05, 3.63) is 28.3 Å². The van der Waals surface area contributed by atoms with E-state index in [1.54, 1.807) is 11.9 Å². The van der Waals surface area contributed by atoms with E-state index in [-0.39, 0.29) is 41.8 Å². The highest BCUT2D eigenvalue weighted by Crippen LogP contribution is 2.30. The Hall–Kier alpha value is -2.06. The van der Waals surface area contributed by atoms with Crippen LogP contribution >= 0.6 is 12.4 Å². The Morgan fingerprint density at radius 1 is 1.42 bits per heavy atom. The molecule has 0 radical (unpaired) electrons. The number of likely N-dealkylation sites (N-methyl/N-ethyl adjacent to an activating group) is 1. The van der Waals surface area contributed by atoms with Crippen LogP contribution < -0.4 is 15.2 Å². The average molecular weight is 362 g/mol. The number of ether oxygens (including phenoxy) is 2. The number of nitrogens with two attached hydrogens (primary N) is 1. The largest absolute Gasteiger partial charge is 0.490 e. The maximum Gasteiger partial charge on any atom is 0.311 e. The number of nitrogens with zero attached hydrogens (tertiary/aromatic N) is 2. The Morgan fingerprint density at radius 3 is 2.54 bits per heavy atom. The molecule has 0 saturated carbocycles. The summed E-state index contributed by atoms with van der Waals surface area (Å²) >= 11 is 0. The number of hydrogen-bond acceptors (Lipinski definition) is 6. The second kappa shape index (κ2) is 9.29. The van der Waals surface area contributed by atoms with Gasteiger partial charge in [0.25, 0.3) is 5.91 Å². The first-order valence-electron chi connectivity index (χ1n) is 7.09. The van der Waals surface area contributed by atoms with Crippen LogP contribution in [0.4, 0.5) is 5.69 Å². The van der Waals surface area contributed by atoms with E-state index in [1.165, 1.54) is 25.3 Å². The van der Waals surface area contributed by atoms with Crippen LogP contribution in [-0.4, -0.2) is 49.6 Å². The lowest BCUT2D eigenvalue weighted by molar-refractivity contribution is -0.385. The van der Waals surface area contributed by atoms with Gasteiger partial charge in [-0.15, -0.1) is 12.4 Å². The van der Waals surface area contributed by atoms with Gasteiger partial charge in [-0.05, 0) is 18.0 Å². The van der Waals surface area contributed by atoms with Crippen molar-refractivity contribution in [3.63, 3.8) is 0 Å². The molecule has 0 heterocycles. The second-order valence-corrected chi connectivity index (χ2v) is 6.00. The van der Waals surface area contributed by atoms with Crippen molar-refractivity contribution in [1.29, 1.82) is 0 Å². The van der Waals surface area contributed by atoms with Crippen molar-refractivity contribution >= 4 is 24.0 Å². The van der Waals surface area contributed by atoms with Crippen molar-refractivity contribution in [2.45, 2.75) is 13.8 Å². The quantitative estimate of drug-likeness (QED) is 0.559. The second-order valence-electron chi connectivity index (χ2n) is 6.00. The van der Waals surface area contributed by atoms with Gasteiger partial charge in [0.05, 0.1) is 12.0 Å². The van der Waals surface area contributed by atoms with Crippen LogP contribution in [0.15, 0.2) is 18.2 Å². The number of hydrogen-bond donors (Lipinski definition) is 1. The van der Waals surface area contributed by atoms with Crippen molar-refractivity contribution in [3.8, 4) is 11.5 Å². The van der Waals surface area contributed by atoms with Gasteiger partial charge in [0, 0.05) is 25.7 Å². The minimum Gasteiger partial charge on any atom is -0.490 e. The molecule has 0 spiro atoms. The summed E-state index contributed by atoms with van der Waals surface area (Å²) in [5.41, 5.74) is 5.31. The molecule has 0 bridgehead atoms. The number of halogens is 1. The maximum atomic E-state index is 12.1. The number of nitro benzene ring substituents is 1. The Kier molecular flexibility index (Phi) is 8.49. The molecule has 0 aliphatic carbocycles. The summed E-state index contributed by atoms with van der Waals surface area (Å²) < 4.78 is 10.3. The highest BCUT2D eigenvalue weighted by Gasteiger charge is 2.21. The van der Waals surface area contributed by atoms with Crippen LogP contribution in [-0.2, 0) is 4.79 Å². The summed E-state index contributed by atoms with van der Waals surface area (Å²) in [6.07, 6.45) is 0. The van der Waals surface area contributed by atoms with Crippen molar-refractivity contribution in [2.24, 2.45) is 11.1 Å². The predicted octanol–water partition coefficient (Wildman–Crippen LogP) is 1.85. The molecule has 2 N–H and O–H groups in total. The van der Waals surface area contributed by atoms with Crippen LogP contribution in [0, 0.1) is 15.5 Å². The van der Waals surface area contributed by atoms with Crippen LogP contribution in [0.2, 0.25) is 0 Å². The zero-order valence-electron chi connectivity index (χ0n) is 14.3. The van der Waals surface area contributed by atoms with Gasteiger partial charge in [0.1, 0.15) is 5.75 Å². The van der Waals surface area contributed by atoms with Gasteiger partial charge in [-0.2, -0.15) is 0 Å². The van der Waals surface area contributed by atoms with Crippen LogP contribution in [0.3, 0.4) is 0 Å². The molecule has 1 rings (SSSR count). The molecule has 136 valence electrons. The molecule has 24 heavy (non-hydrogen) atoms. The minimum absolute atomic E-state index is 0. The number of benzene rings is 1. The van der Waals surface area contributed by atoms with Crippen LogP contribution in [0.1, 0.15) is 13.8 Å². The van der Waals surface area contributed by atoms with Gasteiger partial charge in [-0.25, -0.2) is 0 Å². The normalized spacial score (nSPS) is 10.5. The predicted molar refractivity (Wildman–Crippen MR) is 92.9 cm³/mol. The molecule has 1 aromatic rings. The monoisotopic (exact) mass is 361 g/mol. The first-order chi connectivity index (χ1) is 10.7. The van der Waals surface area contributed by atoms with E-state index in [4.69, 9.17) is 15.2 Å². The molecular formula is C15H24ClN3O5. The summed E-state index contributed by atoms with van der Waals surface area (Å²) in [6, 6.07) is 4.09. The third-order valence-corrected chi connectivity index (χ3v) is 3.35. The first kappa shape index (κ1) is 21.9. The molecule has 1 aromatic carbocycles. The Morgan fingerprint density at radius 2 is 2.04 bits per heavy atom. The summed E-state index contributed by atoms with van der Waals surface area (Å²) in [6.45, 7) is 4.75. The fraction of sp³-hybridized carbons (Fsp3) is 0.533. The molecule has 0 aromatic heterocycles. The van der Waals surface area contributed by atoms with E-state index in [0.29, 0.717) is 18.8 Å². The van der Waals surface area contributed by atoms with Crippen molar-refractivity contribution in [2.75, 3.05) is 33.9 Å². The third kappa shape index (κ3) is 6.21. The Balaban J connectivity index is 0.00000529. The summed E-state index contributed by atoms with van der Waals surface area (Å²) in [4.78, 5) is 23.9. The third-order valence-electron chi connectivity index (χ3n) is 3.35. The molecule has 0 atom stereocenters. The lowest BCUT2D eigenvalue weighted by Crippen LogP contribution is -2.41. The number of carbonyl (C=O) groups excluding carboxylic acids is 1. The van der Waals surface area contributed by atoms with Gasteiger partial charge in [-0.1, -0.05) is 13.8 Å². The summed E-state index contributed by atoms with van der Waals surface area (Å²) in [5, 5.41) is 10.8. The summed E-state index contributed by atoms with van der Waals surface area (Å²) in [7, 11) is 3.01. The average Bonchev–Trinajstić information content (AvgIpc) is 2.51. The summed E-state index contributed by atoms with van der Waals surface area (Å²) in [5.74, 6) is 0.202. The van der Waals surface area contributed by atoms with Crippen LogP contribution in [0.25, 0.3) is 0 Å². The van der Waals surface area contributed by atoms with E-state index in [9.17, 15) is 14.9 Å². The van der Waals surface area contributed by atoms with Gasteiger partial charge in [0.2, 0.25) is 5.75 Å². The molecule has 0 unspecified atom stereocenters. The molecule has 0 aliphatic heterocycles. The highest BCUT2D eigenvalue weighted by atomic mass is 35.5. The van der Waals surface area contributed by atoms with Crippen molar-refractivity contribution < 1.29 is 19.2 Å². The number of rotatable bonds is 8. The molecule has 9 heteroatoms. The van der Waals surface area contributed by atoms with Crippen molar-refractivity contribution in [1.82, 2.24) is 4.90 Å². The molecule has 0 saturated heterocycles. The number of methoxy groups -OCH3 is 1. The molecule has 0 fully saturated rings. The fourth-order valence-corrected chi connectivity index (χ4v) is 1.95. The number of carbonyl (C=O) groups is 1. The standard InChI is InChI=1S/C15H23N3O5.ClH/c1-15(2,9-16)10-17(3)14(19)8-23-11-5-6-12(18(20)21)13(7-11)22-4;/h5-7H,8-10,16H2,1-4H3;1H. The molecule has 0 aliphatic rings. The van der Waals surface area contributed by atoms with E-state index >= 15 is 0 Å². The zero-order chi connectivity index (χ0) is 17.6. The SMILES string of the molecule is COc1cc(OCC(=O)N(C)CC(C)(C)CN)ccc1[N+](=O)[O-].Cl. The van der Waals surface area contributed by atoms with Gasteiger partial charge < -0.3 is 20.1 Å². The topological polar surface area (TPSA) is 108 Å². The van der Waals surface area contributed by atoms with E-state index in [2.05, 4.69) is 0 Å². The minimum atomic E-state index is -0.545. The Bertz CT molecular complexity index is 580. The first-order valence-corrected chi connectivity index (χ1v) is 7.09. The van der Waals surface area contributed by atoms with Gasteiger partial charge in [0.15, 0.2) is 6.61 Å². The van der Waals surface area contributed by atoms with Gasteiger partial charge in [-0.3, -0.25) is 14.9 Å². The molecular weight excluding hydrogens is 338 g/mol. The van der Waals surface area contributed by atoms with E-state index in [0.717, 1.165) is 0 Å². The zero-order valence-corrected chi connectivity index (χ0v) is 15.1. The number of nitro groups is 1. The smallest absolute Gasteiger partial charge is 0.311 e. The van der Waals surface area contributed by atoms with Crippen LogP contribution in [0.5, 0.6) is 11.5 Å². The highest BCUT2D eigenvalue weighted by molar-refractivity contribution is 5.85. The van der Waals surface area contributed by atoms with E-state index < -0.39 is 4.92 Å². The van der Waals surface area contributed by atoms with E-state index in [1.807, 2.05) is 13.8 Å². The molecule has 1 amide bonds. The fourth-order valence-electron chi connectivity index (χ4n) is 1.95.